The highest BCUT2D eigenvalue weighted by atomic mass is 32.2. The van der Waals surface area contributed by atoms with Crippen LogP contribution in [0.1, 0.15) is 32.8 Å². The summed E-state index contributed by atoms with van der Waals surface area (Å²) in [4.78, 5) is 22.9. The van der Waals surface area contributed by atoms with Crippen LogP contribution in [0.4, 0.5) is 0 Å². The third-order valence-electron chi connectivity index (χ3n) is 3.33. The molecule has 0 saturated carbocycles. The summed E-state index contributed by atoms with van der Waals surface area (Å²) in [6.07, 6.45) is 2.29. The lowest BCUT2D eigenvalue weighted by Crippen LogP contribution is -2.43. The fourth-order valence-corrected chi connectivity index (χ4v) is 2.40. The van der Waals surface area contributed by atoms with E-state index in [-0.39, 0.29) is 12.0 Å². The SMILES string of the molecule is CSCCC(NC(=O)COc1ccc(C(C)(C)C)cc1)C(=O)O. The topological polar surface area (TPSA) is 75.6 Å². The first kappa shape index (κ1) is 19.4. The maximum Gasteiger partial charge on any atom is 0.326 e. The van der Waals surface area contributed by atoms with Gasteiger partial charge in [-0.1, -0.05) is 32.9 Å². The van der Waals surface area contributed by atoms with Gasteiger partial charge < -0.3 is 15.2 Å². The first-order chi connectivity index (χ1) is 10.7. The fraction of sp³-hybridized carbons (Fsp3) is 0.529. The number of benzene rings is 1. The highest BCUT2D eigenvalue weighted by Crippen LogP contribution is 2.24. The maximum absolute atomic E-state index is 11.8. The smallest absolute Gasteiger partial charge is 0.326 e. The number of hydrogen-bond donors (Lipinski definition) is 2. The Balaban J connectivity index is 2.50. The first-order valence-electron chi connectivity index (χ1n) is 7.48. The average Bonchev–Trinajstić information content (AvgIpc) is 2.48. The number of amides is 1. The van der Waals surface area contributed by atoms with E-state index < -0.39 is 17.9 Å². The molecule has 0 fully saturated rings. The number of nitrogens with one attached hydrogen (secondary N) is 1. The molecule has 1 rings (SSSR count). The summed E-state index contributed by atoms with van der Waals surface area (Å²) >= 11 is 1.54. The highest BCUT2D eigenvalue weighted by Gasteiger charge is 2.19. The van der Waals surface area contributed by atoms with E-state index in [2.05, 4.69) is 26.1 Å². The number of thioether (sulfide) groups is 1. The zero-order chi connectivity index (χ0) is 17.5. The lowest BCUT2D eigenvalue weighted by Gasteiger charge is -2.19. The van der Waals surface area contributed by atoms with Gasteiger partial charge in [-0.05, 0) is 41.5 Å². The maximum atomic E-state index is 11.8. The van der Waals surface area contributed by atoms with Crippen molar-refractivity contribution < 1.29 is 19.4 Å². The summed E-state index contributed by atoms with van der Waals surface area (Å²) < 4.78 is 5.41. The van der Waals surface area contributed by atoms with Crippen molar-refractivity contribution in [1.29, 1.82) is 0 Å². The molecule has 1 amide bonds. The Morgan fingerprint density at radius 1 is 1.26 bits per heavy atom. The molecule has 0 saturated heterocycles. The highest BCUT2D eigenvalue weighted by molar-refractivity contribution is 7.98. The number of carbonyl (C=O) groups is 2. The lowest BCUT2D eigenvalue weighted by molar-refractivity contribution is -0.142. The zero-order valence-electron chi connectivity index (χ0n) is 14.1. The predicted molar refractivity (Wildman–Crippen MR) is 93.2 cm³/mol. The molecule has 2 N–H and O–H groups in total. The van der Waals surface area contributed by atoms with Gasteiger partial charge in [-0.25, -0.2) is 4.79 Å². The van der Waals surface area contributed by atoms with Gasteiger partial charge in [0.15, 0.2) is 6.61 Å². The van der Waals surface area contributed by atoms with Crippen LogP contribution >= 0.6 is 11.8 Å². The van der Waals surface area contributed by atoms with Gasteiger partial charge in [-0.3, -0.25) is 4.79 Å². The second-order valence-corrected chi connectivity index (χ2v) is 7.29. The minimum Gasteiger partial charge on any atom is -0.484 e. The van der Waals surface area contributed by atoms with Gasteiger partial charge in [0.1, 0.15) is 11.8 Å². The summed E-state index contributed by atoms with van der Waals surface area (Å²) in [5, 5.41) is 11.6. The molecule has 1 aromatic carbocycles. The Labute approximate surface area is 141 Å². The number of carboxylic acid groups (broad SMARTS) is 1. The van der Waals surface area contributed by atoms with Crippen LogP contribution in [0.3, 0.4) is 0 Å². The Morgan fingerprint density at radius 3 is 2.35 bits per heavy atom. The zero-order valence-corrected chi connectivity index (χ0v) is 14.9. The van der Waals surface area contributed by atoms with Crippen molar-refractivity contribution in [3.63, 3.8) is 0 Å². The predicted octanol–water partition coefficient (Wildman–Crippen LogP) is 2.69. The number of carboxylic acids is 1. The van der Waals surface area contributed by atoms with Crippen molar-refractivity contribution in [2.24, 2.45) is 0 Å². The van der Waals surface area contributed by atoms with Crippen molar-refractivity contribution >= 4 is 23.6 Å². The van der Waals surface area contributed by atoms with Gasteiger partial charge >= 0.3 is 5.97 Å². The van der Waals surface area contributed by atoms with Crippen LogP contribution in [0, 0.1) is 0 Å². The molecule has 1 unspecified atom stereocenters. The monoisotopic (exact) mass is 339 g/mol. The fourth-order valence-electron chi connectivity index (χ4n) is 1.93. The molecule has 0 heterocycles. The molecule has 0 aliphatic rings. The van der Waals surface area contributed by atoms with Crippen LogP contribution in [0.25, 0.3) is 0 Å². The largest absolute Gasteiger partial charge is 0.484 e. The summed E-state index contributed by atoms with van der Waals surface area (Å²) in [7, 11) is 0. The van der Waals surface area contributed by atoms with Gasteiger partial charge in [0, 0.05) is 0 Å². The Hall–Kier alpha value is -1.69. The summed E-state index contributed by atoms with van der Waals surface area (Å²) in [5.41, 5.74) is 1.24. The van der Waals surface area contributed by atoms with Crippen LogP contribution in [0.5, 0.6) is 5.75 Å². The minimum atomic E-state index is -1.03. The molecule has 0 aliphatic heterocycles. The molecule has 5 nitrogen and oxygen atoms in total. The normalized spacial score (nSPS) is 12.5. The molecule has 0 radical (unpaired) electrons. The molecule has 0 aliphatic carbocycles. The molecule has 6 heteroatoms. The first-order valence-corrected chi connectivity index (χ1v) is 8.88. The number of carbonyl (C=O) groups excluding carboxylic acids is 1. The number of aliphatic carboxylic acids is 1. The molecule has 128 valence electrons. The van der Waals surface area contributed by atoms with Crippen LogP contribution in [-0.4, -0.2) is 41.6 Å². The van der Waals surface area contributed by atoms with E-state index in [1.54, 1.807) is 11.8 Å². The van der Waals surface area contributed by atoms with Gasteiger partial charge in [-0.15, -0.1) is 0 Å². The second-order valence-electron chi connectivity index (χ2n) is 6.30. The van der Waals surface area contributed by atoms with E-state index in [9.17, 15) is 9.59 Å². The Kier molecular flexibility index (Phi) is 7.42. The van der Waals surface area contributed by atoms with Gasteiger partial charge in [0.25, 0.3) is 5.91 Å². The molecule has 0 bridgehead atoms. The summed E-state index contributed by atoms with van der Waals surface area (Å²) in [6.45, 7) is 6.17. The van der Waals surface area contributed by atoms with Crippen molar-refractivity contribution in [3.05, 3.63) is 29.8 Å². The number of rotatable bonds is 8. The summed E-state index contributed by atoms with van der Waals surface area (Å²) in [6, 6.07) is 6.69. The summed E-state index contributed by atoms with van der Waals surface area (Å²) in [5.74, 6) is -0.198. The van der Waals surface area contributed by atoms with E-state index in [1.807, 2.05) is 30.5 Å². The molecule has 23 heavy (non-hydrogen) atoms. The lowest BCUT2D eigenvalue weighted by atomic mass is 9.87. The van der Waals surface area contributed by atoms with E-state index in [0.29, 0.717) is 17.9 Å². The third kappa shape index (κ3) is 6.95. The van der Waals surface area contributed by atoms with Gasteiger partial charge in [0.05, 0.1) is 0 Å². The average molecular weight is 339 g/mol. The van der Waals surface area contributed by atoms with Crippen LogP contribution in [0.2, 0.25) is 0 Å². The Bertz CT molecular complexity index is 522. The van der Waals surface area contributed by atoms with Crippen molar-refractivity contribution in [2.75, 3.05) is 18.6 Å². The van der Waals surface area contributed by atoms with Gasteiger partial charge in [-0.2, -0.15) is 11.8 Å². The number of ether oxygens (including phenoxy) is 1. The van der Waals surface area contributed by atoms with Crippen molar-refractivity contribution in [1.82, 2.24) is 5.32 Å². The van der Waals surface area contributed by atoms with Crippen LogP contribution in [0.15, 0.2) is 24.3 Å². The van der Waals surface area contributed by atoms with E-state index >= 15 is 0 Å². The minimum absolute atomic E-state index is 0.0574. The molecule has 1 atom stereocenters. The quantitative estimate of drug-likeness (QED) is 0.761. The van der Waals surface area contributed by atoms with Gasteiger partial charge in [0.2, 0.25) is 0 Å². The standard InChI is InChI=1S/C17H25NO4S/c1-17(2,3)12-5-7-13(8-6-12)22-11-15(19)18-14(16(20)21)9-10-23-4/h5-8,14H,9-11H2,1-4H3,(H,18,19)(H,20,21). The van der Waals surface area contributed by atoms with E-state index in [1.165, 1.54) is 5.56 Å². The third-order valence-corrected chi connectivity index (χ3v) is 3.98. The molecule has 1 aromatic rings. The second kappa shape index (κ2) is 8.82. The van der Waals surface area contributed by atoms with Crippen LogP contribution < -0.4 is 10.1 Å². The van der Waals surface area contributed by atoms with E-state index in [0.717, 1.165) is 0 Å². The molecule has 0 aromatic heterocycles. The van der Waals surface area contributed by atoms with Crippen LogP contribution in [-0.2, 0) is 15.0 Å². The Morgan fingerprint density at radius 2 is 1.87 bits per heavy atom. The van der Waals surface area contributed by atoms with E-state index in [4.69, 9.17) is 9.84 Å². The number of hydrogen-bond acceptors (Lipinski definition) is 4. The molecular weight excluding hydrogens is 314 g/mol. The molecular formula is C17H25NO4S. The van der Waals surface area contributed by atoms with Crippen molar-refractivity contribution in [3.8, 4) is 5.75 Å². The van der Waals surface area contributed by atoms with Crippen molar-refractivity contribution in [2.45, 2.75) is 38.6 Å². The molecule has 0 spiro atoms.